The molecule has 0 spiro atoms. The van der Waals surface area contributed by atoms with E-state index in [4.69, 9.17) is 5.73 Å². The molecular formula is C12H26ClN3O3S. The van der Waals surface area contributed by atoms with Crippen LogP contribution in [0.25, 0.3) is 0 Å². The van der Waals surface area contributed by atoms with Gasteiger partial charge >= 0.3 is 0 Å². The number of amides is 1. The molecule has 1 aliphatic heterocycles. The van der Waals surface area contributed by atoms with E-state index in [0.717, 1.165) is 12.8 Å². The summed E-state index contributed by atoms with van der Waals surface area (Å²) in [6, 6.07) is -0.0114. The molecule has 1 heterocycles. The van der Waals surface area contributed by atoms with E-state index in [-0.39, 0.29) is 36.5 Å². The Labute approximate surface area is 128 Å². The van der Waals surface area contributed by atoms with Gasteiger partial charge in [-0.25, -0.2) is 12.7 Å². The Bertz CT molecular complexity index is 397. The number of sulfonamides is 1. The topological polar surface area (TPSA) is 83.7 Å². The van der Waals surface area contributed by atoms with Crippen LogP contribution < -0.4 is 5.73 Å². The highest BCUT2D eigenvalue weighted by atomic mass is 35.5. The van der Waals surface area contributed by atoms with Crippen molar-refractivity contribution in [3.05, 3.63) is 0 Å². The molecule has 20 heavy (non-hydrogen) atoms. The molecular weight excluding hydrogens is 302 g/mol. The lowest BCUT2D eigenvalue weighted by Crippen LogP contribution is -2.40. The van der Waals surface area contributed by atoms with E-state index in [1.54, 1.807) is 11.9 Å². The van der Waals surface area contributed by atoms with Crippen LogP contribution in [0.1, 0.15) is 32.6 Å². The fourth-order valence-electron chi connectivity index (χ4n) is 2.08. The van der Waals surface area contributed by atoms with Crippen LogP contribution in [0.4, 0.5) is 0 Å². The molecule has 2 N–H and O–H groups in total. The number of halogens is 1. The molecule has 8 heteroatoms. The van der Waals surface area contributed by atoms with E-state index in [1.165, 1.54) is 4.31 Å². The van der Waals surface area contributed by atoms with Crippen molar-refractivity contribution >= 4 is 28.3 Å². The third kappa shape index (κ3) is 5.55. The Morgan fingerprint density at radius 2 is 1.90 bits per heavy atom. The van der Waals surface area contributed by atoms with Gasteiger partial charge < -0.3 is 10.6 Å². The summed E-state index contributed by atoms with van der Waals surface area (Å²) in [6.07, 6.45) is 2.51. The molecule has 1 aliphatic rings. The predicted octanol–water partition coefficient (Wildman–Crippen LogP) is 0.420. The maximum absolute atomic E-state index is 12.0. The van der Waals surface area contributed by atoms with E-state index in [9.17, 15) is 13.2 Å². The van der Waals surface area contributed by atoms with Crippen molar-refractivity contribution in [1.29, 1.82) is 0 Å². The molecule has 1 rings (SSSR count). The van der Waals surface area contributed by atoms with Crippen LogP contribution in [0.5, 0.6) is 0 Å². The Balaban J connectivity index is 0.00000361. The Morgan fingerprint density at radius 1 is 1.35 bits per heavy atom. The summed E-state index contributed by atoms with van der Waals surface area (Å²) in [5, 5.41) is 0. The maximum atomic E-state index is 12.0. The standard InChI is InChI=1S/C12H25N3O3S.ClH/c1-11(10-13)14(2)12(16)6-5-9-19(17,18)15-7-3-4-8-15;/h11H,3-10,13H2,1-2H3;1H. The van der Waals surface area contributed by atoms with Gasteiger partial charge in [-0.1, -0.05) is 0 Å². The van der Waals surface area contributed by atoms with Gasteiger partial charge in [-0.15, -0.1) is 12.4 Å². The van der Waals surface area contributed by atoms with E-state index < -0.39 is 10.0 Å². The smallest absolute Gasteiger partial charge is 0.222 e. The molecule has 0 radical (unpaired) electrons. The highest BCUT2D eigenvalue weighted by Crippen LogP contribution is 2.14. The molecule has 0 bridgehead atoms. The zero-order valence-electron chi connectivity index (χ0n) is 12.2. The van der Waals surface area contributed by atoms with Crippen LogP contribution in [-0.4, -0.2) is 62.0 Å². The Kier molecular flexibility index (Phi) is 8.65. The second kappa shape index (κ2) is 8.81. The predicted molar refractivity (Wildman–Crippen MR) is 82.4 cm³/mol. The lowest BCUT2D eigenvalue weighted by molar-refractivity contribution is -0.131. The molecule has 1 fully saturated rings. The molecule has 0 aromatic heterocycles. The average molecular weight is 328 g/mol. The normalized spacial score (nSPS) is 17.6. The summed E-state index contributed by atoms with van der Waals surface area (Å²) in [4.78, 5) is 13.4. The minimum absolute atomic E-state index is 0. The Hall–Kier alpha value is -0.370. The summed E-state index contributed by atoms with van der Waals surface area (Å²) in [6.45, 7) is 3.54. The quantitative estimate of drug-likeness (QED) is 0.734. The minimum atomic E-state index is -3.17. The number of hydrogen-bond donors (Lipinski definition) is 1. The van der Waals surface area contributed by atoms with Gasteiger partial charge in [0.25, 0.3) is 0 Å². The van der Waals surface area contributed by atoms with Gasteiger partial charge in [0.2, 0.25) is 15.9 Å². The summed E-state index contributed by atoms with van der Waals surface area (Å²) >= 11 is 0. The van der Waals surface area contributed by atoms with Crippen molar-refractivity contribution in [3.63, 3.8) is 0 Å². The van der Waals surface area contributed by atoms with Crippen LogP contribution >= 0.6 is 12.4 Å². The van der Waals surface area contributed by atoms with Crippen molar-refractivity contribution in [2.75, 3.05) is 32.4 Å². The first kappa shape index (κ1) is 19.6. The van der Waals surface area contributed by atoms with E-state index in [1.807, 2.05) is 6.92 Å². The summed E-state index contributed by atoms with van der Waals surface area (Å²) in [5.41, 5.74) is 5.49. The molecule has 1 saturated heterocycles. The molecule has 1 unspecified atom stereocenters. The third-order valence-corrected chi connectivity index (χ3v) is 5.60. The molecule has 0 aliphatic carbocycles. The van der Waals surface area contributed by atoms with Crippen LogP contribution in [-0.2, 0) is 14.8 Å². The number of carbonyl (C=O) groups excluding carboxylic acids is 1. The largest absolute Gasteiger partial charge is 0.342 e. The monoisotopic (exact) mass is 327 g/mol. The molecule has 0 aromatic carbocycles. The van der Waals surface area contributed by atoms with Gasteiger partial charge in [0.1, 0.15) is 0 Å². The Morgan fingerprint density at radius 3 is 2.40 bits per heavy atom. The van der Waals surface area contributed by atoms with Crippen LogP contribution in [0.3, 0.4) is 0 Å². The van der Waals surface area contributed by atoms with Crippen molar-refractivity contribution in [3.8, 4) is 0 Å². The summed E-state index contributed by atoms with van der Waals surface area (Å²) < 4.78 is 25.4. The highest BCUT2D eigenvalue weighted by molar-refractivity contribution is 7.89. The van der Waals surface area contributed by atoms with Gasteiger partial charge in [0.15, 0.2) is 0 Å². The van der Waals surface area contributed by atoms with Crippen LogP contribution in [0, 0.1) is 0 Å². The average Bonchev–Trinajstić information content (AvgIpc) is 2.91. The zero-order valence-corrected chi connectivity index (χ0v) is 13.9. The van der Waals surface area contributed by atoms with Gasteiger partial charge in [0, 0.05) is 39.1 Å². The fourth-order valence-corrected chi connectivity index (χ4v) is 3.66. The molecule has 1 amide bonds. The van der Waals surface area contributed by atoms with Crippen molar-refractivity contribution in [2.45, 2.75) is 38.6 Å². The zero-order chi connectivity index (χ0) is 14.5. The molecule has 0 saturated carbocycles. The number of nitrogens with two attached hydrogens (primary N) is 1. The van der Waals surface area contributed by atoms with Crippen LogP contribution in [0.15, 0.2) is 0 Å². The number of likely N-dealkylation sites (N-methyl/N-ethyl adjacent to an activating group) is 1. The molecule has 120 valence electrons. The molecule has 6 nitrogen and oxygen atoms in total. The van der Waals surface area contributed by atoms with Crippen molar-refractivity contribution in [2.24, 2.45) is 5.73 Å². The van der Waals surface area contributed by atoms with Crippen LogP contribution in [0.2, 0.25) is 0 Å². The highest BCUT2D eigenvalue weighted by Gasteiger charge is 2.25. The molecule has 1 atom stereocenters. The molecule has 0 aromatic rings. The number of carbonyl (C=O) groups is 1. The van der Waals surface area contributed by atoms with E-state index in [2.05, 4.69) is 0 Å². The van der Waals surface area contributed by atoms with E-state index >= 15 is 0 Å². The lowest BCUT2D eigenvalue weighted by atomic mass is 10.2. The van der Waals surface area contributed by atoms with Crippen molar-refractivity contribution < 1.29 is 13.2 Å². The van der Waals surface area contributed by atoms with Gasteiger partial charge in [-0.05, 0) is 26.2 Å². The number of nitrogens with zero attached hydrogens (tertiary/aromatic N) is 2. The van der Waals surface area contributed by atoms with Gasteiger partial charge in [-0.3, -0.25) is 4.79 Å². The first-order valence-electron chi connectivity index (χ1n) is 6.82. The van der Waals surface area contributed by atoms with Gasteiger partial charge in [0.05, 0.1) is 5.75 Å². The maximum Gasteiger partial charge on any atom is 0.222 e. The van der Waals surface area contributed by atoms with Crippen molar-refractivity contribution in [1.82, 2.24) is 9.21 Å². The first-order valence-corrected chi connectivity index (χ1v) is 8.43. The first-order chi connectivity index (χ1) is 8.88. The summed E-state index contributed by atoms with van der Waals surface area (Å²) in [7, 11) is -1.47. The van der Waals surface area contributed by atoms with Gasteiger partial charge in [-0.2, -0.15) is 0 Å². The second-order valence-corrected chi connectivity index (χ2v) is 7.20. The summed E-state index contributed by atoms with van der Waals surface area (Å²) in [5.74, 6) is 0.0124. The minimum Gasteiger partial charge on any atom is -0.342 e. The van der Waals surface area contributed by atoms with E-state index in [0.29, 0.717) is 26.1 Å². The second-order valence-electron chi connectivity index (χ2n) is 5.12. The number of hydrogen-bond acceptors (Lipinski definition) is 4. The third-order valence-electron chi connectivity index (χ3n) is 3.65. The lowest BCUT2D eigenvalue weighted by Gasteiger charge is -2.23. The fraction of sp³-hybridized carbons (Fsp3) is 0.917. The SMILES string of the molecule is CC(CN)N(C)C(=O)CCCS(=O)(=O)N1CCCC1.Cl. The number of rotatable bonds is 7.